The molecule has 0 amide bonds. The molecule has 0 bridgehead atoms. The van der Waals surface area contributed by atoms with Gasteiger partial charge in [0.25, 0.3) is 0 Å². The SMILES string of the molecule is C[SiH](C)C[Si]CCCCC[Si]. The highest BCUT2D eigenvalue weighted by atomic mass is 28.3. The molecule has 0 atom stereocenters. The zero-order valence-corrected chi connectivity index (χ0v) is 11.0. The summed E-state index contributed by atoms with van der Waals surface area (Å²) in [5.74, 6) is 0. The molecule has 3 heteroatoms. The zero-order valence-electron chi connectivity index (χ0n) is 7.82. The van der Waals surface area contributed by atoms with Crippen LogP contribution in [0.15, 0.2) is 0 Å². The van der Waals surface area contributed by atoms with Gasteiger partial charge in [0.15, 0.2) is 0 Å². The van der Waals surface area contributed by atoms with E-state index in [1.807, 2.05) is 0 Å². The topological polar surface area (TPSA) is 0 Å². The van der Waals surface area contributed by atoms with Crippen molar-refractivity contribution in [1.29, 1.82) is 0 Å². The van der Waals surface area contributed by atoms with Crippen molar-refractivity contribution < 1.29 is 0 Å². The zero-order chi connectivity index (χ0) is 8.53. The van der Waals surface area contributed by atoms with E-state index in [-0.39, 0.29) is 8.80 Å². The van der Waals surface area contributed by atoms with Gasteiger partial charge >= 0.3 is 0 Å². The standard InChI is InChI=1S/C8H19Si3/c1-11(2)8-10-7-5-3-4-6-9/h11H,3-8H2,1-2H3. The van der Waals surface area contributed by atoms with Gasteiger partial charge in [0.2, 0.25) is 0 Å². The van der Waals surface area contributed by atoms with E-state index in [1.165, 1.54) is 40.9 Å². The van der Waals surface area contributed by atoms with Crippen LogP contribution in [0.2, 0.25) is 30.8 Å². The van der Waals surface area contributed by atoms with Crippen molar-refractivity contribution in [1.82, 2.24) is 0 Å². The van der Waals surface area contributed by atoms with Crippen molar-refractivity contribution in [3.05, 3.63) is 0 Å². The fourth-order valence-electron chi connectivity index (χ4n) is 0.943. The normalized spacial score (nSPS) is 10.9. The molecule has 5 radical (unpaired) electrons. The third-order valence-corrected chi connectivity index (χ3v) is 7.06. The minimum absolute atomic E-state index is 0.227. The summed E-state index contributed by atoms with van der Waals surface area (Å²) in [7, 11) is 4.54. The fraction of sp³-hybridized carbons (Fsp3) is 1.00. The second-order valence-corrected chi connectivity index (χ2v) is 9.33. The largest absolute Gasteiger partial charge is 0.0724 e. The van der Waals surface area contributed by atoms with Gasteiger partial charge in [0.1, 0.15) is 0 Å². The van der Waals surface area contributed by atoms with Gasteiger partial charge < -0.3 is 0 Å². The van der Waals surface area contributed by atoms with Crippen LogP contribution in [-0.2, 0) is 0 Å². The third kappa shape index (κ3) is 10.7. The van der Waals surface area contributed by atoms with E-state index in [9.17, 15) is 0 Å². The molecule has 0 saturated carbocycles. The lowest BCUT2D eigenvalue weighted by Gasteiger charge is -2.01. The lowest BCUT2D eigenvalue weighted by molar-refractivity contribution is 0.768. The molecule has 0 aliphatic rings. The highest BCUT2D eigenvalue weighted by Crippen LogP contribution is 2.03. The van der Waals surface area contributed by atoms with Crippen molar-refractivity contribution in [2.24, 2.45) is 0 Å². The van der Waals surface area contributed by atoms with Crippen LogP contribution in [0.5, 0.6) is 0 Å². The maximum atomic E-state index is 3.49. The molecule has 0 rings (SSSR count). The van der Waals surface area contributed by atoms with E-state index in [1.54, 1.807) is 5.67 Å². The van der Waals surface area contributed by atoms with E-state index in [0.717, 1.165) is 0 Å². The highest BCUT2D eigenvalue weighted by molar-refractivity contribution is 6.67. The number of rotatable bonds is 7. The Bertz CT molecular complexity index is 73.7. The number of unbranched alkanes of at least 4 members (excludes halogenated alkanes) is 2. The third-order valence-electron chi connectivity index (χ3n) is 1.58. The molecule has 0 aromatic heterocycles. The van der Waals surface area contributed by atoms with E-state index in [2.05, 4.69) is 23.3 Å². The minimum atomic E-state index is -0.227. The summed E-state index contributed by atoms with van der Waals surface area (Å²) in [6, 6.07) is 2.68. The quantitative estimate of drug-likeness (QED) is 0.436. The summed E-state index contributed by atoms with van der Waals surface area (Å²) < 4.78 is 0. The van der Waals surface area contributed by atoms with Gasteiger partial charge in [-0.25, -0.2) is 0 Å². The predicted octanol–water partition coefficient (Wildman–Crippen LogP) is 2.31. The second-order valence-electron chi connectivity index (χ2n) is 3.41. The first-order valence-corrected chi connectivity index (χ1v) is 9.87. The highest BCUT2D eigenvalue weighted by Gasteiger charge is 1.95. The van der Waals surface area contributed by atoms with Crippen molar-refractivity contribution in [3.63, 3.8) is 0 Å². The maximum Gasteiger partial charge on any atom is 0.0344 e. The van der Waals surface area contributed by atoms with Crippen LogP contribution >= 0.6 is 0 Å². The van der Waals surface area contributed by atoms with E-state index >= 15 is 0 Å². The number of hydrogen-bond donors (Lipinski definition) is 0. The molecule has 0 fully saturated rings. The average molecular weight is 199 g/mol. The molecule has 0 N–H and O–H groups in total. The van der Waals surface area contributed by atoms with Gasteiger partial charge in [-0.1, -0.05) is 50.1 Å². The molecule has 0 unspecified atom stereocenters. The Morgan fingerprint density at radius 2 is 1.91 bits per heavy atom. The molecule has 0 heterocycles. The summed E-state index contributed by atoms with van der Waals surface area (Å²) in [5.41, 5.74) is 1.58. The Morgan fingerprint density at radius 1 is 1.18 bits per heavy atom. The monoisotopic (exact) mass is 199 g/mol. The van der Waals surface area contributed by atoms with Gasteiger partial charge in [-0.15, -0.1) is 0 Å². The molecule has 0 aliphatic heterocycles. The predicted molar refractivity (Wildman–Crippen MR) is 58.7 cm³/mol. The van der Waals surface area contributed by atoms with Crippen LogP contribution in [0.3, 0.4) is 0 Å². The Hall–Kier alpha value is 0.651. The molecule has 0 spiro atoms. The fourth-order valence-corrected chi connectivity index (χ4v) is 4.82. The van der Waals surface area contributed by atoms with Gasteiger partial charge in [-0.2, -0.15) is 0 Å². The molecule has 0 aromatic carbocycles. The molecule has 0 nitrogen and oxygen atoms in total. The molecular weight excluding hydrogens is 180 g/mol. The van der Waals surface area contributed by atoms with Crippen LogP contribution in [0.1, 0.15) is 19.3 Å². The maximum absolute atomic E-state index is 3.49. The number of hydrogen-bond acceptors (Lipinski definition) is 0. The smallest absolute Gasteiger partial charge is 0.0344 e. The van der Waals surface area contributed by atoms with Gasteiger partial charge in [-0.3, -0.25) is 0 Å². The van der Waals surface area contributed by atoms with Crippen molar-refractivity contribution in [3.8, 4) is 0 Å². The van der Waals surface area contributed by atoms with Crippen LogP contribution in [-0.4, -0.2) is 28.6 Å². The molecule has 0 aliphatic carbocycles. The summed E-state index contributed by atoms with van der Waals surface area (Å²) in [6.07, 6.45) is 4.25. The molecule has 0 aromatic rings. The lowest BCUT2D eigenvalue weighted by atomic mass is 10.3. The van der Waals surface area contributed by atoms with E-state index in [0.29, 0.717) is 0 Å². The summed E-state index contributed by atoms with van der Waals surface area (Å²) in [4.78, 5) is 0. The van der Waals surface area contributed by atoms with Crippen molar-refractivity contribution in [2.75, 3.05) is 0 Å². The first kappa shape index (κ1) is 11.7. The minimum Gasteiger partial charge on any atom is -0.0724 e. The second kappa shape index (κ2) is 8.74. The first-order chi connectivity index (χ1) is 5.27. The average Bonchev–Trinajstić information content (AvgIpc) is 1.96. The first-order valence-electron chi connectivity index (χ1n) is 4.62. The van der Waals surface area contributed by atoms with Crippen molar-refractivity contribution in [2.45, 2.75) is 50.1 Å². The molecule has 63 valence electrons. The van der Waals surface area contributed by atoms with Gasteiger partial charge in [0, 0.05) is 28.6 Å². The Balaban J connectivity index is 2.80. The van der Waals surface area contributed by atoms with Gasteiger partial charge in [-0.05, 0) is 0 Å². The van der Waals surface area contributed by atoms with Crippen molar-refractivity contribution >= 4 is 28.6 Å². The Kier molecular flexibility index (Phi) is 9.26. The van der Waals surface area contributed by atoms with Gasteiger partial charge in [0.05, 0.1) is 0 Å². The molecular formula is C8H19Si3. The van der Waals surface area contributed by atoms with Crippen LogP contribution in [0, 0.1) is 0 Å². The Labute approximate surface area is 79.0 Å². The van der Waals surface area contributed by atoms with E-state index < -0.39 is 0 Å². The van der Waals surface area contributed by atoms with Crippen LogP contribution < -0.4 is 0 Å². The van der Waals surface area contributed by atoms with E-state index in [4.69, 9.17) is 0 Å². The lowest BCUT2D eigenvalue weighted by Crippen LogP contribution is -2.04. The summed E-state index contributed by atoms with van der Waals surface area (Å²) in [6.45, 7) is 4.90. The summed E-state index contributed by atoms with van der Waals surface area (Å²) in [5, 5.41) is 0. The van der Waals surface area contributed by atoms with Crippen LogP contribution in [0.25, 0.3) is 0 Å². The summed E-state index contributed by atoms with van der Waals surface area (Å²) >= 11 is 0. The molecule has 11 heavy (non-hydrogen) atoms. The molecule has 0 saturated heterocycles. The van der Waals surface area contributed by atoms with Crippen LogP contribution in [0.4, 0.5) is 0 Å². The Morgan fingerprint density at radius 3 is 2.45 bits per heavy atom.